The fourth-order valence-corrected chi connectivity index (χ4v) is 2.59. The smallest absolute Gasteiger partial charge is 0.203 e. The predicted molar refractivity (Wildman–Crippen MR) is 77.5 cm³/mol. The first kappa shape index (κ1) is 13.3. The van der Waals surface area contributed by atoms with Crippen molar-refractivity contribution in [1.29, 1.82) is 0 Å². The van der Waals surface area contributed by atoms with Gasteiger partial charge in [0.05, 0.1) is 6.04 Å². The van der Waals surface area contributed by atoms with Crippen LogP contribution in [-0.2, 0) is 0 Å². The minimum atomic E-state index is 0.0702. The van der Waals surface area contributed by atoms with Crippen LogP contribution in [-0.4, -0.2) is 15.2 Å². The van der Waals surface area contributed by atoms with Crippen molar-refractivity contribution in [2.75, 3.05) is 11.2 Å². The summed E-state index contributed by atoms with van der Waals surface area (Å²) >= 11 is 7.40. The summed E-state index contributed by atoms with van der Waals surface area (Å²) in [5.74, 6) is 1.73. The molecule has 1 aromatic heterocycles. The Balaban J connectivity index is 2.10. The molecule has 2 aromatic rings. The van der Waals surface area contributed by atoms with Crippen LogP contribution >= 0.6 is 23.1 Å². The standard InChI is InChI=1S/C13H16ClN3S/c1-9(2)12-16-13(18-17-12)15-11(8-14)10-6-4-3-5-7-10/h3-7,9,11H,8H2,1-2H3,(H,15,16,17). The first-order valence-corrected chi connectivity index (χ1v) is 7.22. The zero-order chi connectivity index (χ0) is 13.0. The van der Waals surface area contributed by atoms with Crippen molar-refractivity contribution in [2.24, 2.45) is 0 Å². The van der Waals surface area contributed by atoms with Crippen LogP contribution in [0.2, 0.25) is 0 Å². The van der Waals surface area contributed by atoms with Crippen molar-refractivity contribution in [3.8, 4) is 0 Å². The van der Waals surface area contributed by atoms with Crippen LogP contribution in [0.5, 0.6) is 0 Å². The van der Waals surface area contributed by atoms with Gasteiger partial charge in [-0.3, -0.25) is 0 Å². The molecule has 96 valence electrons. The van der Waals surface area contributed by atoms with Gasteiger partial charge >= 0.3 is 0 Å². The highest BCUT2D eigenvalue weighted by atomic mass is 35.5. The van der Waals surface area contributed by atoms with Gasteiger partial charge in [-0.25, -0.2) is 4.98 Å². The zero-order valence-corrected chi connectivity index (χ0v) is 12.0. The molecular weight excluding hydrogens is 266 g/mol. The third-order valence-electron chi connectivity index (χ3n) is 2.61. The number of rotatable bonds is 5. The SMILES string of the molecule is CC(C)c1nsc(NC(CCl)c2ccccc2)n1. The summed E-state index contributed by atoms with van der Waals surface area (Å²) in [7, 11) is 0. The molecule has 0 fully saturated rings. The number of aromatic nitrogens is 2. The second kappa shape index (κ2) is 6.16. The summed E-state index contributed by atoms with van der Waals surface area (Å²) in [6.07, 6.45) is 0. The lowest BCUT2D eigenvalue weighted by molar-refractivity contribution is 0.795. The van der Waals surface area contributed by atoms with Gasteiger partial charge in [0.15, 0.2) is 0 Å². The van der Waals surface area contributed by atoms with Crippen molar-refractivity contribution >= 4 is 28.3 Å². The van der Waals surface area contributed by atoms with Gasteiger partial charge in [-0.15, -0.1) is 11.6 Å². The Morgan fingerprint density at radius 1 is 1.28 bits per heavy atom. The number of alkyl halides is 1. The molecule has 0 saturated carbocycles. The Labute approximate surface area is 116 Å². The highest BCUT2D eigenvalue weighted by Crippen LogP contribution is 2.23. The van der Waals surface area contributed by atoms with Crippen molar-refractivity contribution in [1.82, 2.24) is 9.36 Å². The monoisotopic (exact) mass is 281 g/mol. The molecule has 1 aromatic carbocycles. The Morgan fingerprint density at radius 3 is 2.56 bits per heavy atom. The number of nitrogens with one attached hydrogen (secondary N) is 1. The second-order valence-corrected chi connectivity index (χ2v) is 5.43. The van der Waals surface area contributed by atoms with Gasteiger partial charge in [0.1, 0.15) is 5.82 Å². The van der Waals surface area contributed by atoms with Crippen LogP contribution in [0, 0.1) is 0 Å². The Kier molecular flexibility index (Phi) is 4.55. The van der Waals surface area contributed by atoms with E-state index >= 15 is 0 Å². The summed E-state index contributed by atoms with van der Waals surface area (Å²) in [4.78, 5) is 4.46. The molecule has 5 heteroatoms. The Morgan fingerprint density at radius 2 is 2.00 bits per heavy atom. The second-order valence-electron chi connectivity index (χ2n) is 4.37. The fourth-order valence-electron chi connectivity index (χ4n) is 1.57. The quantitative estimate of drug-likeness (QED) is 0.840. The molecule has 0 aliphatic carbocycles. The molecule has 0 aliphatic rings. The zero-order valence-electron chi connectivity index (χ0n) is 10.4. The van der Waals surface area contributed by atoms with Crippen molar-refractivity contribution in [3.63, 3.8) is 0 Å². The third-order valence-corrected chi connectivity index (χ3v) is 3.58. The van der Waals surface area contributed by atoms with Crippen LogP contribution < -0.4 is 5.32 Å². The molecule has 0 bridgehead atoms. The van der Waals surface area contributed by atoms with Gasteiger partial charge in [-0.05, 0) is 5.56 Å². The normalized spacial score (nSPS) is 12.7. The minimum absolute atomic E-state index is 0.0702. The molecular formula is C13H16ClN3S. The summed E-state index contributed by atoms with van der Waals surface area (Å²) in [5, 5.41) is 4.16. The summed E-state index contributed by atoms with van der Waals surface area (Å²) in [5.41, 5.74) is 1.16. The van der Waals surface area contributed by atoms with Gasteiger partial charge in [-0.2, -0.15) is 4.37 Å². The molecule has 0 spiro atoms. The van der Waals surface area contributed by atoms with E-state index < -0.39 is 0 Å². The van der Waals surface area contributed by atoms with Gasteiger partial charge in [-0.1, -0.05) is 44.2 Å². The molecule has 1 N–H and O–H groups in total. The summed E-state index contributed by atoms with van der Waals surface area (Å²) < 4.78 is 4.32. The van der Waals surface area contributed by atoms with Crippen LogP contribution in [0.15, 0.2) is 30.3 Å². The molecule has 1 heterocycles. The molecule has 0 radical (unpaired) electrons. The van der Waals surface area contributed by atoms with E-state index in [-0.39, 0.29) is 6.04 Å². The van der Waals surface area contributed by atoms with Crippen LogP contribution in [0.1, 0.15) is 37.2 Å². The lowest BCUT2D eigenvalue weighted by Gasteiger charge is -2.15. The molecule has 3 nitrogen and oxygen atoms in total. The van der Waals surface area contributed by atoms with Crippen LogP contribution in [0.25, 0.3) is 0 Å². The van der Waals surface area contributed by atoms with Gasteiger partial charge < -0.3 is 5.32 Å². The van der Waals surface area contributed by atoms with E-state index in [9.17, 15) is 0 Å². The van der Waals surface area contributed by atoms with Crippen molar-refractivity contribution in [2.45, 2.75) is 25.8 Å². The maximum absolute atomic E-state index is 6.02. The van der Waals surface area contributed by atoms with Gasteiger partial charge in [0.25, 0.3) is 0 Å². The Hall–Kier alpha value is -1.13. The average molecular weight is 282 g/mol. The Bertz CT molecular complexity index is 484. The molecule has 2 rings (SSSR count). The highest BCUT2D eigenvalue weighted by molar-refractivity contribution is 7.09. The van der Waals surface area contributed by atoms with E-state index in [0.29, 0.717) is 11.8 Å². The molecule has 1 atom stereocenters. The number of nitrogens with zero attached hydrogens (tertiary/aromatic N) is 2. The van der Waals surface area contributed by atoms with E-state index in [2.05, 4.69) is 40.7 Å². The minimum Gasteiger partial charge on any atom is -0.352 e. The van der Waals surface area contributed by atoms with E-state index in [1.165, 1.54) is 11.5 Å². The molecule has 1 unspecified atom stereocenters. The van der Waals surface area contributed by atoms with E-state index in [0.717, 1.165) is 16.5 Å². The molecule has 0 amide bonds. The molecule has 18 heavy (non-hydrogen) atoms. The molecule has 0 aliphatic heterocycles. The van der Waals surface area contributed by atoms with Crippen molar-refractivity contribution < 1.29 is 0 Å². The summed E-state index contributed by atoms with van der Waals surface area (Å²) in [6.45, 7) is 4.17. The number of halogens is 1. The topological polar surface area (TPSA) is 37.8 Å². The number of anilines is 1. The first-order chi connectivity index (χ1) is 8.70. The largest absolute Gasteiger partial charge is 0.352 e. The highest BCUT2D eigenvalue weighted by Gasteiger charge is 2.13. The number of hydrogen-bond donors (Lipinski definition) is 1. The predicted octanol–water partition coefficient (Wildman–Crippen LogP) is 4.05. The van der Waals surface area contributed by atoms with Gasteiger partial charge in [0, 0.05) is 23.3 Å². The van der Waals surface area contributed by atoms with Crippen molar-refractivity contribution in [3.05, 3.63) is 41.7 Å². The number of hydrogen-bond acceptors (Lipinski definition) is 4. The maximum Gasteiger partial charge on any atom is 0.203 e. The van der Waals surface area contributed by atoms with E-state index in [4.69, 9.17) is 11.6 Å². The third kappa shape index (κ3) is 3.21. The fraction of sp³-hybridized carbons (Fsp3) is 0.385. The lowest BCUT2D eigenvalue weighted by Crippen LogP contribution is -2.12. The molecule has 0 saturated heterocycles. The first-order valence-electron chi connectivity index (χ1n) is 5.91. The summed E-state index contributed by atoms with van der Waals surface area (Å²) in [6, 6.07) is 10.2. The average Bonchev–Trinajstić information content (AvgIpc) is 2.86. The van der Waals surface area contributed by atoms with Crippen LogP contribution in [0.4, 0.5) is 5.13 Å². The van der Waals surface area contributed by atoms with Gasteiger partial charge in [0.2, 0.25) is 5.13 Å². The number of benzene rings is 1. The van der Waals surface area contributed by atoms with E-state index in [1.54, 1.807) is 0 Å². The lowest BCUT2D eigenvalue weighted by atomic mass is 10.1. The van der Waals surface area contributed by atoms with E-state index in [1.807, 2.05) is 18.2 Å². The maximum atomic E-state index is 6.02. The van der Waals surface area contributed by atoms with Crippen LogP contribution in [0.3, 0.4) is 0 Å².